The van der Waals surface area contributed by atoms with Crippen molar-refractivity contribution in [3.63, 3.8) is 0 Å². The molecule has 0 saturated carbocycles. The molecular formula is C12H11N3O. The molecule has 4 heteroatoms. The van der Waals surface area contributed by atoms with Crippen molar-refractivity contribution < 1.29 is 4.79 Å². The van der Waals surface area contributed by atoms with Gasteiger partial charge in [-0.15, -0.1) is 0 Å². The van der Waals surface area contributed by atoms with Gasteiger partial charge in [-0.1, -0.05) is 18.2 Å². The fourth-order valence-electron chi connectivity index (χ4n) is 1.32. The topological polar surface area (TPSA) is 54.9 Å². The lowest BCUT2D eigenvalue weighted by molar-refractivity contribution is -0.115. The Morgan fingerprint density at radius 2 is 1.94 bits per heavy atom. The quantitative estimate of drug-likeness (QED) is 0.843. The SMILES string of the molecule is O=C(Cc1cccnn1)Nc1ccccc1. The molecule has 16 heavy (non-hydrogen) atoms. The minimum atomic E-state index is -0.0910. The third kappa shape index (κ3) is 2.88. The van der Waals surface area contributed by atoms with Crippen LogP contribution in [0.25, 0.3) is 0 Å². The van der Waals surface area contributed by atoms with E-state index < -0.39 is 0 Å². The molecule has 1 aromatic carbocycles. The van der Waals surface area contributed by atoms with Gasteiger partial charge in [0.25, 0.3) is 0 Å². The summed E-state index contributed by atoms with van der Waals surface area (Å²) in [5.41, 5.74) is 1.45. The third-order valence-electron chi connectivity index (χ3n) is 2.03. The average molecular weight is 213 g/mol. The zero-order chi connectivity index (χ0) is 11.2. The van der Waals surface area contributed by atoms with Gasteiger partial charge in [0.2, 0.25) is 5.91 Å². The zero-order valence-corrected chi connectivity index (χ0v) is 8.63. The van der Waals surface area contributed by atoms with E-state index in [4.69, 9.17) is 0 Å². The van der Waals surface area contributed by atoms with Crippen LogP contribution in [-0.4, -0.2) is 16.1 Å². The number of benzene rings is 1. The second-order valence-corrected chi connectivity index (χ2v) is 3.31. The molecule has 80 valence electrons. The number of nitrogens with one attached hydrogen (secondary N) is 1. The van der Waals surface area contributed by atoms with Gasteiger partial charge in [0.15, 0.2) is 0 Å². The summed E-state index contributed by atoms with van der Waals surface area (Å²) in [7, 11) is 0. The first-order valence-corrected chi connectivity index (χ1v) is 4.96. The molecule has 1 amide bonds. The van der Waals surface area contributed by atoms with Gasteiger partial charge in [0, 0.05) is 11.9 Å². The molecule has 0 bridgehead atoms. The van der Waals surface area contributed by atoms with Crippen LogP contribution in [0, 0.1) is 0 Å². The van der Waals surface area contributed by atoms with Gasteiger partial charge < -0.3 is 5.32 Å². The number of carbonyl (C=O) groups is 1. The lowest BCUT2D eigenvalue weighted by Gasteiger charge is -2.03. The molecule has 0 fully saturated rings. The van der Waals surface area contributed by atoms with E-state index in [1.54, 1.807) is 18.3 Å². The van der Waals surface area contributed by atoms with Crippen molar-refractivity contribution >= 4 is 11.6 Å². The summed E-state index contributed by atoms with van der Waals surface area (Å²) in [5.74, 6) is -0.0910. The molecule has 2 rings (SSSR count). The van der Waals surface area contributed by atoms with Crippen molar-refractivity contribution in [3.05, 3.63) is 54.4 Å². The largest absolute Gasteiger partial charge is 0.326 e. The maximum Gasteiger partial charge on any atom is 0.230 e. The predicted octanol–water partition coefficient (Wildman–Crippen LogP) is 1.66. The summed E-state index contributed by atoms with van der Waals surface area (Å²) >= 11 is 0. The van der Waals surface area contributed by atoms with Gasteiger partial charge >= 0.3 is 0 Å². The first-order valence-electron chi connectivity index (χ1n) is 4.96. The van der Waals surface area contributed by atoms with Crippen LogP contribution in [0.4, 0.5) is 5.69 Å². The van der Waals surface area contributed by atoms with Gasteiger partial charge in [-0.25, -0.2) is 0 Å². The second kappa shape index (κ2) is 5.02. The first-order chi connectivity index (χ1) is 7.84. The molecule has 1 aromatic heterocycles. The number of amides is 1. The molecule has 2 aromatic rings. The van der Waals surface area contributed by atoms with E-state index >= 15 is 0 Å². The Hall–Kier alpha value is -2.23. The van der Waals surface area contributed by atoms with E-state index in [1.807, 2.05) is 30.3 Å². The molecule has 0 radical (unpaired) electrons. The number of carbonyl (C=O) groups excluding carboxylic acids is 1. The van der Waals surface area contributed by atoms with Crippen molar-refractivity contribution in [1.82, 2.24) is 10.2 Å². The van der Waals surface area contributed by atoms with E-state index in [0.717, 1.165) is 5.69 Å². The molecule has 0 spiro atoms. The molecule has 0 atom stereocenters. The highest BCUT2D eigenvalue weighted by molar-refractivity contribution is 5.91. The molecule has 1 N–H and O–H groups in total. The van der Waals surface area contributed by atoms with E-state index in [1.165, 1.54) is 0 Å². The monoisotopic (exact) mass is 213 g/mol. The van der Waals surface area contributed by atoms with Crippen LogP contribution in [0.3, 0.4) is 0 Å². The molecule has 0 aliphatic heterocycles. The van der Waals surface area contributed by atoms with Gasteiger partial charge in [-0.3, -0.25) is 4.79 Å². The number of para-hydroxylation sites is 1. The number of hydrogen-bond donors (Lipinski definition) is 1. The standard InChI is InChI=1S/C12H11N3O/c16-12(9-11-7-4-8-13-15-11)14-10-5-2-1-3-6-10/h1-8H,9H2,(H,14,16). The molecule has 0 aliphatic carbocycles. The van der Waals surface area contributed by atoms with Crippen LogP contribution in [0.15, 0.2) is 48.7 Å². The Labute approximate surface area is 93.3 Å². The molecule has 4 nitrogen and oxygen atoms in total. The lowest BCUT2D eigenvalue weighted by Crippen LogP contribution is -2.15. The van der Waals surface area contributed by atoms with Crippen LogP contribution >= 0.6 is 0 Å². The highest BCUT2D eigenvalue weighted by atomic mass is 16.1. The van der Waals surface area contributed by atoms with Gasteiger partial charge in [-0.2, -0.15) is 10.2 Å². The van der Waals surface area contributed by atoms with Crippen LogP contribution in [-0.2, 0) is 11.2 Å². The molecule has 1 heterocycles. The minimum Gasteiger partial charge on any atom is -0.326 e. The normalized spacial score (nSPS) is 9.75. The van der Waals surface area contributed by atoms with E-state index in [-0.39, 0.29) is 12.3 Å². The summed E-state index contributed by atoms with van der Waals surface area (Å²) in [4.78, 5) is 11.6. The minimum absolute atomic E-state index is 0.0910. The van der Waals surface area contributed by atoms with Gasteiger partial charge in [0.05, 0.1) is 12.1 Å². The molecule has 0 aliphatic rings. The van der Waals surface area contributed by atoms with Crippen molar-refractivity contribution in [2.24, 2.45) is 0 Å². The van der Waals surface area contributed by atoms with E-state index in [9.17, 15) is 4.79 Å². The van der Waals surface area contributed by atoms with Crippen molar-refractivity contribution in [1.29, 1.82) is 0 Å². The van der Waals surface area contributed by atoms with Crippen molar-refractivity contribution in [2.45, 2.75) is 6.42 Å². The summed E-state index contributed by atoms with van der Waals surface area (Å²) in [6, 6.07) is 12.9. The summed E-state index contributed by atoms with van der Waals surface area (Å²) in [6.07, 6.45) is 1.82. The number of nitrogens with zero attached hydrogens (tertiary/aromatic N) is 2. The Morgan fingerprint density at radius 3 is 2.62 bits per heavy atom. The smallest absolute Gasteiger partial charge is 0.230 e. The van der Waals surface area contributed by atoms with E-state index in [2.05, 4.69) is 15.5 Å². The Kier molecular flexibility index (Phi) is 3.23. The number of aromatic nitrogens is 2. The van der Waals surface area contributed by atoms with Crippen molar-refractivity contribution in [3.8, 4) is 0 Å². The average Bonchev–Trinajstić information content (AvgIpc) is 2.31. The van der Waals surface area contributed by atoms with Crippen LogP contribution in [0.2, 0.25) is 0 Å². The third-order valence-corrected chi connectivity index (χ3v) is 2.03. The first kappa shape index (κ1) is 10.3. The maximum atomic E-state index is 11.6. The highest BCUT2D eigenvalue weighted by Crippen LogP contribution is 2.05. The fraction of sp³-hybridized carbons (Fsp3) is 0.0833. The highest BCUT2D eigenvalue weighted by Gasteiger charge is 2.04. The second-order valence-electron chi connectivity index (χ2n) is 3.31. The Balaban J connectivity index is 1.95. The number of anilines is 1. The van der Waals surface area contributed by atoms with Gasteiger partial charge in [0.1, 0.15) is 0 Å². The van der Waals surface area contributed by atoms with Crippen LogP contribution in [0.5, 0.6) is 0 Å². The lowest BCUT2D eigenvalue weighted by atomic mass is 10.2. The van der Waals surface area contributed by atoms with E-state index in [0.29, 0.717) is 5.69 Å². The summed E-state index contributed by atoms with van der Waals surface area (Å²) < 4.78 is 0. The molecule has 0 saturated heterocycles. The maximum absolute atomic E-state index is 11.6. The van der Waals surface area contributed by atoms with Crippen molar-refractivity contribution in [2.75, 3.05) is 5.32 Å². The Bertz CT molecular complexity index is 413. The summed E-state index contributed by atoms with van der Waals surface area (Å²) in [6.45, 7) is 0. The number of rotatable bonds is 3. The predicted molar refractivity (Wildman–Crippen MR) is 60.8 cm³/mol. The molecular weight excluding hydrogens is 202 g/mol. The molecule has 0 unspecified atom stereocenters. The van der Waals surface area contributed by atoms with Gasteiger partial charge in [-0.05, 0) is 24.3 Å². The zero-order valence-electron chi connectivity index (χ0n) is 8.63. The summed E-state index contributed by atoms with van der Waals surface area (Å²) in [5, 5.41) is 10.3. The Morgan fingerprint density at radius 1 is 1.12 bits per heavy atom. The number of hydrogen-bond acceptors (Lipinski definition) is 3. The fourth-order valence-corrected chi connectivity index (χ4v) is 1.32. The van der Waals surface area contributed by atoms with Crippen LogP contribution < -0.4 is 5.32 Å². The van der Waals surface area contributed by atoms with Crippen LogP contribution in [0.1, 0.15) is 5.69 Å².